The van der Waals surface area contributed by atoms with Crippen molar-refractivity contribution in [2.45, 2.75) is 58.3 Å². The topological polar surface area (TPSA) is 153 Å². The number of aromatic amines is 1. The SMILES string of the molecule is CC(C)NC(=O)N1CCN(C(=O)NC(C)C)C(C(=O)NC(Cc2c[nH]c3ccccc23)C(N)=O)C1. The summed E-state index contributed by atoms with van der Waals surface area (Å²) in [5, 5.41) is 9.26. The third-order valence-electron chi connectivity index (χ3n) is 5.81. The van der Waals surface area contributed by atoms with E-state index in [-0.39, 0.29) is 44.2 Å². The summed E-state index contributed by atoms with van der Waals surface area (Å²) in [6, 6.07) is 4.73. The Hall–Kier alpha value is -3.76. The summed E-state index contributed by atoms with van der Waals surface area (Å²) < 4.78 is 0. The van der Waals surface area contributed by atoms with Gasteiger partial charge in [0.25, 0.3) is 0 Å². The standard InChI is InChI=1S/C24H35N7O4/c1-14(2)27-23(34)30-9-10-31(24(35)28-15(3)4)20(13-30)22(33)29-19(21(25)32)11-16-12-26-18-8-6-5-7-17(16)18/h5-8,12,14-15,19-20,26H,9-11,13H2,1-4H3,(H2,25,32)(H,27,34)(H,28,35)(H,29,33). The van der Waals surface area contributed by atoms with Crippen LogP contribution < -0.4 is 21.7 Å². The van der Waals surface area contributed by atoms with Crippen LogP contribution in [0.2, 0.25) is 0 Å². The molecular weight excluding hydrogens is 450 g/mol. The molecule has 1 saturated heterocycles. The number of amides is 6. The molecule has 2 unspecified atom stereocenters. The fourth-order valence-electron chi connectivity index (χ4n) is 4.11. The molecular formula is C24H35N7O4. The van der Waals surface area contributed by atoms with Gasteiger partial charge in [-0.3, -0.25) is 9.59 Å². The number of rotatable bonds is 7. The largest absolute Gasteiger partial charge is 0.368 e. The summed E-state index contributed by atoms with van der Waals surface area (Å²) in [5.74, 6) is -1.23. The van der Waals surface area contributed by atoms with Crippen molar-refractivity contribution < 1.29 is 19.2 Å². The molecule has 2 atom stereocenters. The van der Waals surface area contributed by atoms with Crippen molar-refractivity contribution in [3.05, 3.63) is 36.0 Å². The second kappa shape index (κ2) is 11.1. The Balaban J connectivity index is 1.79. The predicted molar refractivity (Wildman–Crippen MR) is 133 cm³/mol. The number of fused-ring (bicyclic) bond motifs is 1. The highest BCUT2D eigenvalue weighted by Gasteiger charge is 2.38. The van der Waals surface area contributed by atoms with Gasteiger partial charge in [0.05, 0.1) is 6.54 Å². The Morgan fingerprint density at radius 2 is 1.66 bits per heavy atom. The molecule has 11 nitrogen and oxygen atoms in total. The number of piperazine rings is 1. The fourth-order valence-corrected chi connectivity index (χ4v) is 4.11. The van der Waals surface area contributed by atoms with Gasteiger partial charge in [-0.1, -0.05) is 18.2 Å². The van der Waals surface area contributed by atoms with Crippen LogP contribution in [0.5, 0.6) is 0 Å². The Bertz CT molecular complexity index is 1080. The van der Waals surface area contributed by atoms with Crippen LogP contribution in [-0.2, 0) is 16.0 Å². The third kappa shape index (κ3) is 6.43. The van der Waals surface area contributed by atoms with E-state index < -0.39 is 29.9 Å². The molecule has 3 rings (SSSR count). The Morgan fingerprint density at radius 1 is 1.00 bits per heavy atom. The van der Waals surface area contributed by atoms with Crippen LogP contribution in [0.1, 0.15) is 33.3 Å². The van der Waals surface area contributed by atoms with E-state index in [0.29, 0.717) is 0 Å². The number of hydrogen-bond acceptors (Lipinski definition) is 4. The minimum Gasteiger partial charge on any atom is -0.368 e. The van der Waals surface area contributed by atoms with E-state index in [1.807, 2.05) is 52.0 Å². The Morgan fingerprint density at radius 3 is 2.31 bits per heavy atom. The summed E-state index contributed by atoms with van der Waals surface area (Å²) in [6.45, 7) is 7.78. The van der Waals surface area contributed by atoms with Gasteiger partial charge >= 0.3 is 12.1 Å². The minimum absolute atomic E-state index is 0.00549. The van der Waals surface area contributed by atoms with Gasteiger partial charge in [0, 0.05) is 48.7 Å². The molecule has 6 N–H and O–H groups in total. The maximum atomic E-state index is 13.4. The van der Waals surface area contributed by atoms with Gasteiger partial charge in [0.15, 0.2) is 0 Å². The van der Waals surface area contributed by atoms with Gasteiger partial charge in [-0.25, -0.2) is 9.59 Å². The Kier molecular flexibility index (Phi) is 8.21. The second-order valence-corrected chi connectivity index (χ2v) is 9.39. The molecule has 0 bridgehead atoms. The first-order valence-corrected chi connectivity index (χ1v) is 11.8. The van der Waals surface area contributed by atoms with Crippen LogP contribution in [-0.4, -0.2) is 82.5 Å². The molecule has 1 aliphatic rings. The highest BCUT2D eigenvalue weighted by atomic mass is 16.2. The maximum absolute atomic E-state index is 13.4. The number of nitrogens with two attached hydrogens (primary N) is 1. The van der Waals surface area contributed by atoms with Crippen molar-refractivity contribution >= 4 is 34.8 Å². The van der Waals surface area contributed by atoms with Crippen LogP contribution in [0.4, 0.5) is 9.59 Å². The zero-order valence-electron chi connectivity index (χ0n) is 20.6. The number of carbonyl (C=O) groups excluding carboxylic acids is 4. The van der Waals surface area contributed by atoms with E-state index >= 15 is 0 Å². The first-order chi connectivity index (χ1) is 16.6. The quantitative estimate of drug-likeness (QED) is 0.396. The van der Waals surface area contributed by atoms with Crippen molar-refractivity contribution in [3.63, 3.8) is 0 Å². The molecule has 0 spiro atoms. The summed E-state index contributed by atoms with van der Waals surface area (Å²) in [5.41, 5.74) is 7.38. The van der Waals surface area contributed by atoms with Gasteiger partial charge in [-0.05, 0) is 39.3 Å². The number of aromatic nitrogens is 1. The van der Waals surface area contributed by atoms with Crippen LogP contribution in [0.15, 0.2) is 30.5 Å². The van der Waals surface area contributed by atoms with Crippen molar-refractivity contribution in [1.82, 2.24) is 30.7 Å². The molecule has 190 valence electrons. The minimum atomic E-state index is -0.989. The lowest BCUT2D eigenvalue weighted by molar-refractivity contribution is -0.131. The van der Waals surface area contributed by atoms with Gasteiger partial charge in [-0.2, -0.15) is 0 Å². The molecule has 1 fully saturated rings. The van der Waals surface area contributed by atoms with Gasteiger partial charge < -0.3 is 36.5 Å². The number of hydrogen-bond donors (Lipinski definition) is 5. The lowest BCUT2D eigenvalue weighted by Gasteiger charge is -2.41. The molecule has 1 aromatic heterocycles. The van der Waals surface area contributed by atoms with Crippen LogP contribution >= 0.6 is 0 Å². The molecule has 35 heavy (non-hydrogen) atoms. The summed E-state index contributed by atoms with van der Waals surface area (Å²) >= 11 is 0. The number of benzene rings is 1. The molecule has 1 aromatic carbocycles. The van der Waals surface area contributed by atoms with Crippen LogP contribution in [0.25, 0.3) is 10.9 Å². The number of nitrogens with zero attached hydrogens (tertiary/aromatic N) is 2. The zero-order valence-corrected chi connectivity index (χ0v) is 20.6. The smallest absolute Gasteiger partial charge is 0.318 e. The molecule has 2 aromatic rings. The second-order valence-electron chi connectivity index (χ2n) is 9.39. The van der Waals surface area contributed by atoms with Crippen molar-refractivity contribution in [2.24, 2.45) is 5.73 Å². The van der Waals surface area contributed by atoms with Crippen molar-refractivity contribution in [1.29, 1.82) is 0 Å². The number of nitrogens with one attached hydrogen (secondary N) is 4. The maximum Gasteiger partial charge on any atom is 0.318 e. The summed E-state index contributed by atoms with van der Waals surface area (Å²) in [7, 11) is 0. The zero-order chi connectivity index (χ0) is 25.7. The Labute approximate surface area is 204 Å². The van der Waals surface area contributed by atoms with Gasteiger partial charge in [0.2, 0.25) is 11.8 Å². The number of carbonyl (C=O) groups is 4. The molecule has 1 aliphatic heterocycles. The van der Waals surface area contributed by atoms with E-state index in [1.165, 1.54) is 9.80 Å². The van der Waals surface area contributed by atoms with Crippen molar-refractivity contribution in [3.8, 4) is 0 Å². The normalized spacial score (nSPS) is 16.9. The molecule has 2 heterocycles. The summed E-state index contributed by atoms with van der Waals surface area (Å²) in [6.07, 6.45) is 1.97. The molecule has 11 heteroatoms. The third-order valence-corrected chi connectivity index (χ3v) is 5.81. The van der Waals surface area contributed by atoms with E-state index in [2.05, 4.69) is 20.9 Å². The highest BCUT2D eigenvalue weighted by molar-refractivity contribution is 5.93. The molecule has 0 aliphatic carbocycles. The summed E-state index contributed by atoms with van der Waals surface area (Å²) in [4.78, 5) is 57.1. The molecule has 6 amide bonds. The molecule has 0 saturated carbocycles. The fraction of sp³-hybridized carbons (Fsp3) is 0.500. The number of primary amides is 1. The van der Waals surface area contributed by atoms with Gasteiger partial charge in [-0.15, -0.1) is 0 Å². The van der Waals surface area contributed by atoms with E-state index in [1.54, 1.807) is 6.20 Å². The van der Waals surface area contributed by atoms with Crippen LogP contribution in [0.3, 0.4) is 0 Å². The highest BCUT2D eigenvalue weighted by Crippen LogP contribution is 2.19. The number of urea groups is 2. The predicted octanol–water partition coefficient (Wildman–Crippen LogP) is 0.903. The number of para-hydroxylation sites is 1. The van der Waals surface area contributed by atoms with Gasteiger partial charge in [0.1, 0.15) is 12.1 Å². The van der Waals surface area contributed by atoms with E-state index in [9.17, 15) is 19.2 Å². The van der Waals surface area contributed by atoms with Crippen LogP contribution in [0, 0.1) is 0 Å². The first-order valence-electron chi connectivity index (χ1n) is 11.8. The number of H-pyrrole nitrogens is 1. The average molecular weight is 486 g/mol. The monoisotopic (exact) mass is 485 g/mol. The lowest BCUT2D eigenvalue weighted by atomic mass is 10.0. The lowest BCUT2D eigenvalue weighted by Crippen LogP contribution is -2.65. The molecule has 0 radical (unpaired) electrons. The first kappa shape index (κ1) is 25.9. The van der Waals surface area contributed by atoms with E-state index in [0.717, 1.165) is 16.5 Å². The van der Waals surface area contributed by atoms with E-state index in [4.69, 9.17) is 5.73 Å². The average Bonchev–Trinajstić information content (AvgIpc) is 3.20. The van der Waals surface area contributed by atoms with Crippen molar-refractivity contribution in [2.75, 3.05) is 19.6 Å².